The second kappa shape index (κ2) is 3.83. The van der Waals surface area contributed by atoms with Crippen LogP contribution in [0.5, 0.6) is 0 Å². The summed E-state index contributed by atoms with van der Waals surface area (Å²) in [5.74, 6) is 1.34. The molecule has 0 saturated carbocycles. The Morgan fingerprint density at radius 3 is 2.72 bits per heavy atom. The lowest BCUT2D eigenvalue weighted by Crippen LogP contribution is -2.10. The van der Waals surface area contributed by atoms with Crippen LogP contribution in [0.25, 0.3) is 22.4 Å². The number of nitrogens with zero attached hydrogens (tertiary/aromatic N) is 5. The van der Waals surface area contributed by atoms with E-state index >= 15 is 0 Å². The number of hydrogen-bond acceptors (Lipinski definition) is 4. The van der Waals surface area contributed by atoms with Gasteiger partial charge in [0, 0.05) is 26.5 Å². The van der Waals surface area contributed by atoms with Crippen molar-refractivity contribution in [2.75, 3.05) is 19.0 Å². The van der Waals surface area contributed by atoms with Crippen molar-refractivity contribution in [3.63, 3.8) is 0 Å². The molecule has 0 aliphatic carbocycles. The second-order valence-corrected chi connectivity index (χ2v) is 4.37. The number of hydrogen-bond donors (Lipinski definition) is 1. The molecule has 2 heterocycles. The molecule has 0 spiro atoms. The van der Waals surface area contributed by atoms with Crippen LogP contribution in [-0.2, 0) is 7.05 Å². The summed E-state index contributed by atoms with van der Waals surface area (Å²) in [6.07, 6.45) is 0. The van der Waals surface area contributed by atoms with Gasteiger partial charge in [0.2, 0.25) is 5.95 Å². The number of benzene rings is 1. The Hall–Kier alpha value is -2.37. The predicted molar refractivity (Wildman–Crippen MR) is 70.4 cm³/mol. The quantitative estimate of drug-likeness (QED) is 0.738. The molecule has 6 heteroatoms. The van der Waals surface area contributed by atoms with Gasteiger partial charge in [-0.25, -0.2) is 0 Å². The number of H-pyrrole nitrogens is 1. The molecule has 0 amide bonds. The maximum absolute atomic E-state index is 4.50. The molecule has 0 aliphatic rings. The third kappa shape index (κ3) is 1.54. The predicted octanol–water partition coefficient (Wildman–Crippen LogP) is 1.42. The van der Waals surface area contributed by atoms with Crippen LogP contribution in [0.3, 0.4) is 0 Å². The SMILES string of the molecule is CN(C)c1n[nH]c(-c2nn(C)c3ccccc23)n1. The Bertz CT molecular complexity index is 693. The van der Waals surface area contributed by atoms with Gasteiger partial charge in [0.15, 0.2) is 5.82 Å². The average Bonchev–Trinajstić information content (AvgIpc) is 2.95. The van der Waals surface area contributed by atoms with E-state index in [2.05, 4.69) is 20.3 Å². The number of nitrogens with one attached hydrogen (secondary N) is 1. The van der Waals surface area contributed by atoms with Gasteiger partial charge in [-0.15, -0.1) is 5.10 Å². The van der Waals surface area contributed by atoms with E-state index in [1.807, 2.05) is 55.0 Å². The van der Waals surface area contributed by atoms with Crippen LogP contribution >= 0.6 is 0 Å². The summed E-state index contributed by atoms with van der Waals surface area (Å²) in [6.45, 7) is 0. The molecule has 2 aromatic heterocycles. The lowest BCUT2D eigenvalue weighted by Gasteiger charge is -2.03. The van der Waals surface area contributed by atoms with Crippen molar-refractivity contribution in [2.24, 2.45) is 7.05 Å². The Balaban J connectivity index is 2.19. The Morgan fingerprint density at radius 1 is 1.22 bits per heavy atom. The molecule has 92 valence electrons. The summed E-state index contributed by atoms with van der Waals surface area (Å²) in [6, 6.07) is 8.07. The second-order valence-electron chi connectivity index (χ2n) is 4.37. The molecular formula is C12H14N6. The van der Waals surface area contributed by atoms with Crippen LogP contribution in [0, 0.1) is 0 Å². The van der Waals surface area contributed by atoms with Gasteiger partial charge in [0.25, 0.3) is 0 Å². The van der Waals surface area contributed by atoms with E-state index in [4.69, 9.17) is 0 Å². The first kappa shape index (κ1) is 10.8. The first-order valence-corrected chi connectivity index (χ1v) is 5.68. The average molecular weight is 242 g/mol. The first-order valence-electron chi connectivity index (χ1n) is 5.68. The van der Waals surface area contributed by atoms with E-state index < -0.39 is 0 Å². The molecule has 1 N–H and O–H groups in total. The molecule has 6 nitrogen and oxygen atoms in total. The lowest BCUT2D eigenvalue weighted by molar-refractivity contribution is 0.798. The number of rotatable bonds is 2. The maximum Gasteiger partial charge on any atom is 0.244 e. The first-order chi connectivity index (χ1) is 8.66. The maximum atomic E-state index is 4.50. The number of aryl methyl sites for hydroxylation is 1. The highest BCUT2D eigenvalue weighted by Gasteiger charge is 2.14. The third-order valence-electron chi connectivity index (χ3n) is 2.86. The minimum absolute atomic E-state index is 0.653. The zero-order chi connectivity index (χ0) is 12.7. The van der Waals surface area contributed by atoms with Crippen molar-refractivity contribution in [3.8, 4) is 11.5 Å². The zero-order valence-electron chi connectivity index (χ0n) is 10.5. The van der Waals surface area contributed by atoms with E-state index in [0.717, 1.165) is 16.6 Å². The number of aromatic amines is 1. The van der Waals surface area contributed by atoms with Crippen LogP contribution in [0.4, 0.5) is 5.95 Å². The molecule has 18 heavy (non-hydrogen) atoms. The molecule has 0 radical (unpaired) electrons. The van der Waals surface area contributed by atoms with Crippen molar-refractivity contribution in [2.45, 2.75) is 0 Å². The third-order valence-corrected chi connectivity index (χ3v) is 2.86. The van der Waals surface area contributed by atoms with Crippen molar-refractivity contribution in [3.05, 3.63) is 24.3 Å². The smallest absolute Gasteiger partial charge is 0.244 e. The minimum Gasteiger partial charge on any atom is -0.346 e. The van der Waals surface area contributed by atoms with Crippen LogP contribution < -0.4 is 4.90 Å². The van der Waals surface area contributed by atoms with Crippen LogP contribution in [0.1, 0.15) is 0 Å². The van der Waals surface area contributed by atoms with Gasteiger partial charge in [0.05, 0.1) is 5.52 Å². The summed E-state index contributed by atoms with van der Waals surface area (Å²) < 4.78 is 1.85. The van der Waals surface area contributed by atoms with Crippen LogP contribution in [0.2, 0.25) is 0 Å². The Kier molecular flexibility index (Phi) is 2.29. The van der Waals surface area contributed by atoms with Gasteiger partial charge in [-0.05, 0) is 6.07 Å². The number of anilines is 1. The van der Waals surface area contributed by atoms with Crippen molar-refractivity contribution in [1.29, 1.82) is 0 Å². The van der Waals surface area contributed by atoms with Gasteiger partial charge in [-0.3, -0.25) is 9.78 Å². The molecule has 0 atom stereocenters. The molecule has 1 aromatic carbocycles. The number of aromatic nitrogens is 5. The summed E-state index contributed by atoms with van der Waals surface area (Å²) in [4.78, 5) is 6.28. The van der Waals surface area contributed by atoms with Crippen molar-refractivity contribution in [1.82, 2.24) is 25.0 Å². The highest BCUT2D eigenvalue weighted by molar-refractivity contribution is 5.91. The molecule has 0 bridgehead atoms. The fourth-order valence-corrected chi connectivity index (χ4v) is 1.95. The van der Waals surface area contributed by atoms with Crippen molar-refractivity contribution < 1.29 is 0 Å². The molecule has 3 rings (SSSR count). The molecule has 0 aliphatic heterocycles. The fraction of sp³-hybridized carbons (Fsp3) is 0.250. The topological polar surface area (TPSA) is 62.6 Å². The summed E-state index contributed by atoms with van der Waals surface area (Å²) >= 11 is 0. The summed E-state index contributed by atoms with van der Waals surface area (Å²) in [5.41, 5.74) is 1.91. The van der Waals surface area contributed by atoms with Gasteiger partial charge < -0.3 is 4.90 Å². The lowest BCUT2D eigenvalue weighted by atomic mass is 10.2. The van der Waals surface area contributed by atoms with Crippen LogP contribution in [-0.4, -0.2) is 39.1 Å². The highest BCUT2D eigenvalue weighted by Crippen LogP contribution is 2.25. The van der Waals surface area contributed by atoms with Gasteiger partial charge in [-0.1, -0.05) is 18.2 Å². The Labute approximate surface area is 104 Å². The fourth-order valence-electron chi connectivity index (χ4n) is 1.95. The standard InChI is InChI=1S/C12H14N6/c1-17(2)12-13-11(14-15-12)10-8-6-4-5-7-9(8)18(3)16-10/h4-7H,1-3H3,(H,13,14,15). The zero-order valence-corrected chi connectivity index (χ0v) is 10.5. The molecule has 0 fully saturated rings. The van der Waals surface area contributed by atoms with E-state index in [1.165, 1.54) is 0 Å². The molecule has 0 saturated heterocycles. The highest BCUT2D eigenvalue weighted by atomic mass is 15.4. The Morgan fingerprint density at radius 2 is 2.00 bits per heavy atom. The normalized spacial score (nSPS) is 11.1. The van der Waals surface area contributed by atoms with E-state index in [-0.39, 0.29) is 0 Å². The van der Waals surface area contributed by atoms with Gasteiger partial charge in [-0.2, -0.15) is 10.1 Å². The molecule has 0 unspecified atom stereocenters. The van der Waals surface area contributed by atoms with Gasteiger partial charge >= 0.3 is 0 Å². The molecule has 3 aromatic rings. The molecular weight excluding hydrogens is 228 g/mol. The number of para-hydroxylation sites is 1. The van der Waals surface area contributed by atoms with E-state index in [1.54, 1.807) is 0 Å². The monoisotopic (exact) mass is 242 g/mol. The summed E-state index contributed by atoms with van der Waals surface area (Å²) in [7, 11) is 5.74. The van der Waals surface area contributed by atoms with Crippen molar-refractivity contribution >= 4 is 16.9 Å². The van der Waals surface area contributed by atoms with Gasteiger partial charge in [0.1, 0.15) is 5.69 Å². The summed E-state index contributed by atoms with van der Waals surface area (Å²) in [5, 5.41) is 12.6. The van der Waals surface area contributed by atoms with Crippen LogP contribution in [0.15, 0.2) is 24.3 Å². The van der Waals surface area contributed by atoms with E-state index in [0.29, 0.717) is 11.8 Å². The minimum atomic E-state index is 0.653. The number of fused-ring (bicyclic) bond motifs is 1. The largest absolute Gasteiger partial charge is 0.346 e. The van der Waals surface area contributed by atoms with E-state index in [9.17, 15) is 0 Å².